The van der Waals surface area contributed by atoms with E-state index >= 15 is 0 Å². The zero-order valence-corrected chi connectivity index (χ0v) is 7.79. The van der Waals surface area contributed by atoms with Crippen molar-refractivity contribution in [3.63, 3.8) is 0 Å². The highest BCUT2D eigenvalue weighted by molar-refractivity contribution is 7.91. The Balaban J connectivity index is 2.68. The number of nitrogens with zero attached hydrogens (tertiary/aromatic N) is 1. The van der Waals surface area contributed by atoms with Crippen LogP contribution in [-0.4, -0.2) is 20.7 Å². The molecule has 1 aromatic rings. The smallest absolute Gasteiger partial charge is 0.182 e. The topological polar surface area (TPSA) is 63.4 Å². The fourth-order valence-corrected chi connectivity index (χ4v) is 2.85. The molecule has 0 fully saturated rings. The first kappa shape index (κ1) is 8.52. The van der Waals surface area contributed by atoms with Crippen molar-refractivity contribution >= 4 is 15.5 Å². The van der Waals surface area contributed by atoms with E-state index in [4.69, 9.17) is 5.84 Å². The molecule has 70 valence electrons. The number of hydrazine groups is 1. The zero-order chi connectivity index (χ0) is 9.47. The number of hydrogen-bond donors (Lipinski definition) is 1. The summed E-state index contributed by atoms with van der Waals surface area (Å²) in [6.07, 6.45) is 0. The first-order chi connectivity index (χ1) is 6.11. The lowest BCUT2D eigenvalue weighted by Crippen LogP contribution is -2.40. The van der Waals surface area contributed by atoms with Gasteiger partial charge in [0.1, 0.15) is 0 Å². The summed E-state index contributed by atoms with van der Waals surface area (Å²) in [5, 5.41) is 1.47. The average molecular weight is 198 g/mol. The summed E-state index contributed by atoms with van der Waals surface area (Å²) in [4.78, 5) is 0.337. The van der Waals surface area contributed by atoms with Crippen molar-refractivity contribution in [2.45, 2.75) is 4.90 Å². The second-order valence-electron chi connectivity index (χ2n) is 2.98. The summed E-state index contributed by atoms with van der Waals surface area (Å²) in [6.45, 7) is 0.360. The quantitative estimate of drug-likeness (QED) is 0.603. The molecule has 0 bridgehead atoms. The molecule has 1 heterocycles. The van der Waals surface area contributed by atoms with Crippen molar-refractivity contribution in [1.82, 2.24) is 0 Å². The van der Waals surface area contributed by atoms with E-state index in [1.165, 1.54) is 5.01 Å². The molecule has 1 aromatic carbocycles. The Morgan fingerprint density at radius 3 is 2.69 bits per heavy atom. The van der Waals surface area contributed by atoms with Crippen LogP contribution in [0.4, 0.5) is 5.69 Å². The van der Waals surface area contributed by atoms with Gasteiger partial charge in [0.05, 0.1) is 16.3 Å². The molecule has 0 radical (unpaired) electrons. The van der Waals surface area contributed by atoms with Crippen LogP contribution in [0.25, 0.3) is 0 Å². The number of para-hydroxylation sites is 1. The third-order valence-electron chi connectivity index (χ3n) is 2.11. The molecule has 1 aliphatic heterocycles. The Morgan fingerprint density at radius 2 is 2.00 bits per heavy atom. The largest absolute Gasteiger partial charge is 0.309 e. The number of benzene rings is 1. The van der Waals surface area contributed by atoms with Gasteiger partial charge in [0.25, 0.3) is 0 Å². The van der Waals surface area contributed by atoms with Crippen molar-refractivity contribution in [3.05, 3.63) is 24.3 Å². The molecule has 4 nitrogen and oxygen atoms in total. The van der Waals surface area contributed by atoms with Crippen LogP contribution in [0.5, 0.6) is 0 Å². The van der Waals surface area contributed by atoms with E-state index in [1.807, 2.05) is 0 Å². The van der Waals surface area contributed by atoms with Gasteiger partial charge >= 0.3 is 0 Å². The third-order valence-corrected chi connectivity index (χ3v) is 3.85. The molecule has 5 heteroatoms. The summed E-state index contributed by atoms with van der Waals surface area (Å²) in [7, 11) is -3.10. The van der Waals surface area contributed by atoms with Gasteiger partial charge in [-0.05, 0) is 12.1 Å². The summed E-state index contributed by atoms with van der Waals surface area (Å²) in [5.41, 5.74) is 0.591. The molecule has 0 amide bonds. The van der Waals surface area contributed by atoms with E-state index in [2.05, 4.69) is 0 Å². The van der Waals surface area contributed by atoms with Gasteiger partial charge in [-0.3, -0.25) is 0 Å². The van der Waals surface area contributed by atoms with Gasteiger partial charge in [-0.15, -0.1) is 0 Å². The maximum absolute atomic E-state index is 11.5. The molecule has 0 aromatic heterocycles. The standard InChI is InChI=1S/C8H10N2O2S/c9-10-5-6-13(11,12)8-4-2-1-3-7(8)10/h1-4H,5-6,9H2. The van der Waals surface area contributed by atoms with Crippen LogP contribution in [0.2, 0.25) is 0 Å². The second-order valence-corrected chi connectivity index (χ2v) is 5.06. The van der Waals surface area contributed by atoms with Crippen molar-refractivity contribution in [2.75, 3.05) is 17.3 Å². The molecule has 0 unspecified atom stereocenters. The van der Waals surface area contributed by atoms with Crippen molar-refractivity contribution in [3.8, 4) is 0 Å². The van der Waals surface area contributed by atoms with Gasteiger partial charge in [-0.2, -0.15) is 0 Å². The summed E-state index contributed by atoms with van der Waals surface area (Å²) in [6, 6.07) is 6.78. The number of sulfone groups is 1. The molecule has 2 N–H and O–H groups in total. The summed E-state index contributed by atoms with van der Waals surface area (Å²) in [5.74, 6) is 5.73. The highest BCUT2D eigenvalue weighted by atomic mass is 32.2. The molecule has 13 heavy (non-hydrogen) atoms. The highest BCUT2D eigenvalue weighted by Gasteiger charge is 2.25. The van der Waals surface area contributed by atoms with E-state index in [0.29, 0.717) is 17.1 Å². The Bertz CT molecular complexity index is 428. The predicted octanol–water partition coefficient (Wildman–Crippen LogP) is 0.154. The predicted molar refractivity (Wildman–Crippen MR) is 50.0 cm³/mol. The molecule has 0 saturated heterocycles. The van der Waals surface area contributed by atoms with Crippen LogP contribution in [0, 0.1) is 0 Å². The van der Waals surface area contributed by atoms with Crippen LogP contribution in [0.1, 0.15) is 0 Å². The molecule has 0 spiro atoms. The molecular weight excluding hydrogens is 188 g/mol. The lowest BCUT2D eigenvalue weighted by Gasteiger charge is -2.26. The van der Waals surface area contributed by atoms with Crippen LogP contribution in [-0.2, 0) is 9.84 Å². The highest BCUT2D eigenvalue weighted by Crippen LogP contribution is 2.27. The molecule has 2 rings (SSSR count). The second kappa shape index (κ2) is 2.71. The maximum Gasteiger partial charge on any atom is 0.182 e. The van der Waals surface area contributed by atoms with Gasteiger partial charge in [-0.25, -0.2) is 14.3 Å². The average Bonchev–Trinajstić information content (AvgIpc) is 2.13. The molecule has 0 atom stereocenters. The minimum absolute atomic E-state index is 0.0977. The maximum atomic E-state index is 11.5. The van der Waals surface area contributed by atoms with E-state index in [1.54, 1.807) is 24.3 Å². The zero-order valence-electron chi connectivity index (χ0n) is 6.97. The number of fused-ring (bicyclic) bond motifs is 1. The van der Waals surface area contributed by atoms with Crippen molar-refractivity contribution in [1.29, 1.82) is 0 Å². The molecule has 0 saturated carbocycles. The van der Waals surface area contributed by atoms with E-state index in [-0.39, 0.29) is 5.75 Å². The van der Waals surface area contributed by atoms with Crippen molar-refractivity contribution < 1.29 is 8.42 Å². The Hall–Kier alpha value is -1.07. The monoisotopic (exact) mass is 198 g/mol. The van der Waals surface area contributed by atoms with Crippen LogP contribution in [0.3, 0.4) is 0 Å². The molecular formula is C8H10N2O2S. The van der Waals surface area contributed by atoms with E-state index in [0.717, 1.165) is 0 Å². The summed E-state index contributed by atoms with van der Waals surface area (Å²) >= 11 is 0. The lowest BCUT2D eigenvalue weighted by atomic mass is 10.3. The first-order valence-corrected chi connectivity index (χ1v) is 5.60. The number of hydrogen-bond acceptors (Lipinski definition) is 4. The van der Waals surface area contributed by atoms with Crippen LogP contribution in [0.15, 0.2) is 29.2 Å². The number of nitrogens with two attached hydrogens (primary N) is 1. The summed E-state index contributed by atoms with van der Waals surface area (Å²) < 4.78 is 23.1. The fourth-order valence-electron chi connectivity index (χ4n) is 1.41. The van der Waals surface area contributed by atoms with Gasteiger partial charge in [0.2, 0.25) is 0 Å². The lowest BCUT2D eigenvalue weighted by molar-refractivity contribution is 0.590. The van der Waals surface area contributed by atoms with Crippen LogP contribution >= 0.6 is 0 Å². The molecule has 0 aliphatic carbocycles. The Labute approximate surface area is 76.9 Å². The van der Waals surface area contributed by atoms with Gasteiger partial charge in [0.15, 0.2) is 9.84 Å². The first-order valence-electron chi connectivity index (χ1n) is 3.95. The minimum Gasteiger partial charge on any atom is -0.309 e. The minimum atomic E-state index is -3.10. The SMILES string of the molecule is NN1CCS(=O)(=O)c2ccccc21. The molecule has 1 aliphatic rings. The van der Waals surface area contributed by atoms with Gasteiger partial charge < -0.3 is 5.01 Å². The normalized spacial score (nSPS) is 19.6. The Morgan fingerprint density at radius 1 is 1.31 bits per heavy atom. The number of anilines is 1. The van der Waals surface area contributed by atoms with E-state index < -0.39 is 9.84 Å². The van der Waals surface area contributed by atoms with Crippen LogP contribution < -0.4 is 10.9 Å². The fraction of sp³-hybridized carbons (Fsp3) is 0.250. The van der Waals surface area contributed by atoms with Crippen molar-refractivity contribution in [2.24, 2.45) is 5.84 Å². The third kappa shape index (κ3) is 1.30. The Kier molecular flexibility index (Phi) is 1.78. The number of rotatable bonds is 0. The van der Waals surface area contributed by atoms with Gasteiger partial charge in [-0.1, -0.05) is 12.1 Å². The van der Waals surface area contributed by atoms with E-state index in [9.17, 15) is 8.42 Å². The van der Waals surface area contributed by atoms with Gasteiger partial charge in [0, 0.05) is 6.54 Å².